The lowest BCUT2D eigenvalue weighted by Crippen LogP contribution is -2.38. The van der Waals surface area contributed by atoms with E-state index in [-0.39, 0.29) is 6.61 Å². The number of carbonyl (C=O) groups is 3. The molecule has 1 aromatic carbocycles. The van der Waals surface area contributed by atoms with E-state index < -0.39 is 24.5 Å². The molecule has 0 atom stereocenters. The van der Waals surface area contributed by atoms with Crippen molar-refractivity contribution in [2.24, 2.45) is 5.73 Å². The summed E-state index contributed by atoms with van der Waals surface area (Å²) < 4.78 is 9.79. The summed E-state index contributed by atoms with van der Waals surface area (Å²) in [4.78, 5) is 32.6. The van der Waals surface area contributed by atoms with E-state index in [0.717, 1.165) is 5.56 Å². The van der Waals surface area contributed by atoms with Crippen LogP contribution in [0.5, 0.6) is 5.75 Å². The largest absolute Gasteiger partial charge is 0.482 e. The molecule has 0 aliphatic heterocycles. The van der Waals surface area contributed by atoms with E-state index in [9.17, 15) is 14.4 Å². The van der Waals surface area contributed by atoms with Crippen LogP contribution in [-0.2, 0) is 14.3 Å². The van der Waals surface area contributed by atoms with Crippen LogP contribution in [0, 0.1) is 6.92 Å². The Morgan fingerprint density at radius 2 is 2.00 bits per heavy atom. The summed E-state index contributed by atoms with van der Waals surface area (Å²) in [7, 11) is 0. The predicted molar refractivity (Wildman–Crippen MR) is 70.4 cm³/mol. The average Bonchev–Trinajstić information content (AvgIpc) is 2.34. The second kappa shape index (κ2) is 7.34. The number of nitrogens with one attached hydrogen (secondary N) is 1. The first kappa shape index (κ1) is 15.8. The molecule has 20 heavy (non-hydrogen) atoms. The summed E-state index contributed by atoms with van der Waals surface area (Å²) in [6.45, 7) is 0.796. The fraction of sp³-hybridized carbons (Fsp3) is 0.250. The zero-order chi connectivity index (χ0) is 15.1. The summed E-state index contributed by atoms with van der Waals surface area (Å²) in [6, 6.07) is 3.90. The van der Waals surface area contributed by atoms with Gasteiger partial charge in [0.1, 0.15) is 5.75 Å². The van der Waals surface area contributed by atoms with Crippen LogP contribution in [0.15, 0.2) is 18.2 Å². The van der Waals surface area contributed by atoms with Crippen LogP contribution in [-0.4, -0.2) is 31.1 Å². The van der Waals surface area contributed by atoms with Crippen LogP contribution in [0.25, 0.3) is 0 Å². The number of ether oxygens (including phenoxy) is 2. The quantitative estimate of drug-likeness (QED) is 0.781. The number of rotatable bonds is 5. The maximum Gasteiger partial charge on any atom is 0.344 e. The van der Waals surface area contributed by atoms with Gasteiger partial charge in [-0.1, -0.05) is 11.6 Å². The van der Waals surface area contributed by atoms with Crippen molar-refractivity contribution in [1.29, 1.82) is 0 Å². The summed E-state index contributed by atoms with van der Waals surface area (Å²) in [5.74, 6) is -1.08. The van der Waals surface area contributed by atoms with Crippen molar-refractivity contribution < 1.29 is 23.9 Å². The van der Waals surface area contributed by atoms with E-state index in [0.29, 0.717) is 10.8 Å². The Balaban J connectivity index is 2.36. The zero-order valence-corrected chi connectivity index (χ0v) is 11.4. The van der Waals surface area contributed by atoms with Crippen molar-refractivity contribution >= 4 is 29.5 Å². The number of nitrogens with two attached hydrogens (primary N) is 1. The van der Waals surface area contributed by atoms with Gasteiger partial charge >= 0.3 is 12.0 Å². The highest BCUT2D eigenvalue weighted by Crippen LogP contribution is 2.21. The van der Waals surface area contributed by atoms with Gasteiger partial charge in [0, 0.05) is 5.02 Å². The van der Waals surface area contributed by atoms with Crippen molar-refractivity contribution in [2.75, 3.05) is 13.2 Å². The van der Waals surface area contributed by atoms with Gasteiger partial charge in [-0.3, -0.25) is 10.1 Å². The summed E-state index contributed by atoms with van der Waals surface area (Å²) in [5, 5.41) is 2.31. The molecule has 0 radical (unpaired) electrons. The Morgan fingerprint density at radius 1 is 1.30 bits per heavy atom. The Kier molecular flexibility index (Phi) is 5.79. The highest BCUT2D eigenvalue weighted by atomic mass is 35.5. The average molecular weight is 301 g/mol. The van der Waals surface area contributed by atoms with Gasteiger partial charge in [-0.25, -0.2) is 9.59 Å². The number of halogens is 1. The minimum atomic E-state index is -1.01. The molecule has 1 aromatic rings. The van der Waals surface area contributed by atoms with Gasteiger partial charge in [-0.15, -0.1) is 0 Å². The van der Waals surface area contributed by atoms with Crippen molar-refractivity contribution in [2.45, 2.75) is 6.92 Å². The number of aryl methyl sites for hydroxylation is 1. The van der Waals surface area contributed by atoms with Crippen LogP contribution in [0.1, 0.15) is 5.56 Å². The molecule has 1 rings (SSSR count). The lowest BCUT2D eigenvalue weighted by molar-refractivity contribution is -0.150. The van der Waals surface area contributed by atoms with Crippen molar-refractivity contribution in [3.05, 3.63) is 28.8 Å². The van der Waals surface area contributed by atoms with Gasteiger partial charge in [-0.2, -0.15) is 0 Å². The molecule has 0 bridgehead atoms. The Bertz CT molecular complexity index is 533. The first-order valence-electron chi connectivity index (χ1n) is 5.52. The molecular formula is C12H13ClN2O5. The number of primary amides is 1. The Hall–Kier alpha value is -2.28. The number of carbonyl (C=O) groups excluding carboxylic acids is 3. The third-order valence-electron chi connectivity index (χ3n) is 2.11. The predicted octanol–water partition coefficient (Wildman–Crippen LogP) is 0.765. The molecule has 0 aromatic heterocycles. The van der Waals surface area contributed by atoms with E-state index >= 15 is 0 Å². The summed E-state index contributed by atoms with van der Waals surface area (Å²) in [6.07, 6.45) is 0. The highest BCUT2D eigenvalue weighted by molar-refractivity contribution is 6.30. The fourth-order valence-corrected chi connectivity index (χ4v) is 1.50. The molecule has 0 saturated carbocycles. The van der Waals surface area contributed by atoms with Gasteiger partial charge in [0.2, 0.25) is 0 Å². The molecule has 0 fully saturated rings. The van der Waals surface area contributed by atoms with E-state index in [1.54, 1.807) is 30.4 Å². The maximum atomic E-state index is 11.3. The van der Waals surface area contributed by atoms with Crippen LogP contribution in [0.4, 0.5) is 4.79 Å². The van der Waals surface area contributed by atoms with Crippen molar-refractivity contribution in [3.63, 3.8) is 0 Å². The topological polar surface area (TPSA) is 108 Å². The molecule has 0 unspecified atom stereocenters. The molecule has 7 nitrogen and oxygen atoms in total. The van der Waals surface area contributed by atoms with Crippen LogP contribution in [0.3, 0.4) is 0 Å². The Morgan fingerprint density at radius 3 is 2.60 bits per heavy atom. The van der Waals surface area contributed by atoms with Crippen LogP contribution >= 0.6 is 11.6 Å². The molecule has 108 valence electrons. The number of amides is 3. The monoisotopic (exact) mass is 300 g/mol. The number of urea groups is 1. The molecule has 0 aliphatic rings. The van der Waals surface area contributed by atoms with E-state index in [4.69, 9.17) is 22.1 Å². The third-order valence-corrected chi connectivity index (χ3v) is 2.34. The molecule has 0 aliphatic carbocycles. The standard InChI is InChI=1S/C12H13ClN2O5/c1-7-4-8(13)2-3-9(7)19-6-11(17)20-5-10(16)15-12(14)18/h2-4H,5-6H2,1H3,(H3,14,15,16,18). The van der Waals surface area contributed by atoms with E-state index in [1.807, 2.05) is 0 Å². The Labute approximate surface area is 120 Å². The number of esters is 1. The minimum absolute atomic E-state index is 0.369. The summed E-state index contributed by atoms with van der Waals surface area (Å²) >= 11 is 5.78. The number of hydrogen-bond donors (Lipinski definition) is 2. The van der Waals surface area contributed by atoms with Crippen molar-refractivity contribution in [3.8, 4) is 5.75 Å². The zero-order valence-electron chi connectivity index (χ0n) is 10.6. The van der Waals surface area contributed by atoms with Gasteiger partial charge in [0.25, 0.3) is 5.91 Å². The molecule has 3 amide bonds. The first-order chi connectivity index (χ1) is 9.38. The fourth-order valence-electron chi connectivity index (χ4n) is 1.27. The van der Waals surface area contributed by atoms with Gasteiger partial charge in [0.15, 0.2) is 13.2 Å². The van der Waals surface area contributed by atoms with Crippen molar-refractivity contribution in [1.82, 2.24) is 5.32 Å². The smallest absolute Gasteiger partial charge is 0.344 e. The third kappa shape index (κ3) is 5.57. The lowest BCUT2D eigenvalue weighted by atomic mass is 10.2. The first-order valence-corrected chi connectivity index (χ1v) is 5.90. The molecule has 0 saturated heterocycles. The molecule has 0 heterocycles. The molecule has 0 spiro atoms. The van der Waals surface area contributed by atoms with E-state index in [2.05, 4.69) is 4.74 Å². The molecular weight excluding hydrogens is 288 g/mol. The van der Waals surface area contributed by atoms with Crippen LogP contribution < -0.4 is 15.8 Å². The number of benzene rings is 1. The molecule has 3 N–H and O–H groups in total. The normalized spacial score (nSPS) is 9.70. The number of hydrogen-bond acceptors (Lipinski definition) is 5. The van der Waals surface area contributed by atoms with Gasteiger partial charge < -0.3 is 15.2 Å². The SMILES string of the molecule is Cc1cc(Cl)ccc1OCC(=O)OCC(=O)NC(N)=O. The van der Waals surface area contributed by atoms with Crippen LogP contribution in [0.2, 0.25) is 5.02 Å². The summed E-state index contributed by atoms with van der Waals surface area (Å²) in [5.41, 5.74) is 5.48. The number of imide groups is 1. The second-order valence-corrected chi connectivity index (χ2v) is 4.21. The van der Waals surface area contributed by atoms with Gasteiger partial charge in [-0.05, 0) is 30.7 Å². The highest BCUT2D eigenvalue weighted by Gasteiger charge is 2.10. The minimum Gasteiger partial charge on any atom is -0.482 e. The van der Waals surface area contributed by atoms with E-state index in [1.165, 1.54) is 0 Å². The van der Waals surface area contributed by atoms with Gasteiger partial charge in [0.05, 0.1) is 0 Å². The lowest BCUT2D eigenvalue weighted by Gasteiger charge is -2.09. The molecule has 8 heteroatoms. The second-order valence-electron chi connectivity index (χ2n) is 3.77. The maximum absolute atomic E-state index is 11.3.